The van der Waals surface area contributed by atoms with Gasteiger partial charge in [-0.05, 0) is 13.8 Å². The van der Waals surface area contributed by atoms with Gasteiger partial charge in [0.25, 0.3) is 5.97 Å². The van der Waals surface area contributed by atoms with Gasteiger partial charge in [0.05, 0.1) is 0 Å². The van der Waals surface area contributed by atoms with Gasteiger partial charge < -0.3 is 10.2 Å². The lowest BCUT2D eigenvalue weighted by atomic mass is 10.3. The van der Waals surface area contributed by atoms with E-state index in [4.69, 9.17) is 15.0 Å². The minimum atomic E-state index is -0.833. The average molecular weight is 148 g/mol. The maximum atomic E-state index is 9.89. The number of carbonyl (C=O) groups is 2. The third-order valence-electron chi connectivity index (χ3n) is 0.588. The molecule has 0 fully saturated rings. The van der Waals surface area contributed by atoms with Gasteiger partial charge in [0.15, 0.2) is 5.78 Å². The van der Waals surface area contributed by atoms with Crippen molar-refractivity contribution in [2.24, 2.45) is 0 Å². The molecule has 1 atom stereocenters. The highest BCUT2D eigenvalue weighted by Crippen LogP contribution is 1.76. The van der Waals surface area contributed by atoms with Gasteiger partial charge in [-0.2, -0.15) is 0 Å². The van der Waals surface area contributed by atoms with E-state index in [-0.39, 0.29) is 5.78 Å². The van der Waals surface area contributed by atoms with Crippen LogP contribution in [0.25, 0.3) is 0 Å². The van der Waals surface area contributed by atoms with Crippen LogP contribution in [-0.2, 0) is 9.59 Å². The molecule has 0 aromatic rings. The second-order valence-electron chi connectivity index (χ2n) is 1.81. The van der Waals surface area contributed by atoms with E-state index in [9.17, 15) is 4.79 Å². The van der Waals surface area contributed by atoms with E-state index in [2.05, 4.69) is 0 Å². The summed E-state index contributed by atoms with van der Waals surface area (Å²) in [5.74, 6) is -1.02. The van der Waals surface area contributed by atoms with Crippen LogP contribution in [0.2, 0.25) is 0 Å². The molecule has 0 aliphatic heterocycles. The number of ketones is 1. The Balaban J connectivity index is 0. The minimum absolute atomic E-state index is 0.185. The molecule has 10 heavy (non-hydrogen) atoms. The summed E-state index contributed by atoms with van der Waals surface area (Å²) in [6.45, 7) is 3.88. The first-order valence-corrected chi connectivity index (χ1v) is 2.76. The molecule has 0 aromatic carbocycles. The molecule has 4 heteroatoms. The number of hydrogen-bond acceptors (Lipinski definition) is 3. The molecule has 0 amide bonds. The maximum absolute atomic E-state index is 9.89. The number of carboxylic acids is 1. The van der Waals surface area contributed by atoms with Crippen molar-refractivity contribution in [3.8, 4) is 0 Å². The largest absolute Gasteiger partial charge is 0.481 e. The number of carboxylic acid groups (broad SMARTS) is 1. The topological polar surface area (TPSA) is 74.6 Å². The molecular weight excluding hydrogens is 136 g/mol. The molecule has 0 bridgehead atoms. The fourth-order valence-corrected chi connectivity index (χ4v) is 0. The predicted octanol–water partition coefficient (Wildman–Crippen LogP) is 0.0471. The zero-order valence-electron chi connectivity index (χ0n) is 6.29. The average Bonchev–Trinajstić information content (AvgIpc) is 1.63. The maximum Gasteiger partial charge on any atom is 0.300 e. The molecule has 0 radical (unpaired) electrons. The summed E-state index contributed by atoms with van der Waals surface area (Å²) in [4.78, 5) is 18.9. The van der Waals surface area contributed by atoms with Crippen molar-refractivity contribution in [2.45, 2.75) is 26.9 Å². The van der Waals surface area contributed by atoms with Crippen molar-refractivity contribution in [2.75, 3.05) is 0 Å². The molecule has 0 aliphatic rings. The summed E-state index contributed by atoms with van der Waals surface area (Å²) in [5, 5.41) is 15.7. The van der Waals surface area contributed by atoms with E-state index < -0.39 is 12.1 Å². The molecule has 2 N–H and O–H groups in total. The van der Waals surface area contributed by atoms with Crippen LogP contribution < -0.4 is 0 Å². The van der Waals surface area contributed by atoms with Crippen molar-refractivity contribution < 1.29 is 19.8 Å². The van der Waals surface area contributed by atoms with E-state index in [1.54, 1.807) is 0 Å². The number of carbonyl (C=O) groups excluding carboxylic acids is 1. The quantitative estimate of drug-likeness (QED) is 0.550. The fraction of sp³-hybridized carbons (Fsp3) is 0.667. The Morgan fingerprint density at radius 3 is 1.40 bits per heavy atom. The van der Waals surface area contributed by atoms with Crippen LogP contribution in [-0.4, -0.2) is 28.1 Å². The molecule has 1 unspecified atom stereocenters. The lowest BCUT2D eigenvalue weighted by Gasteiger charge is -1.90. The van der Waals surface area contributed by atoms with Gasteiger partial charge in [-0.15, -0.1) is 0 Å². The van der Waals surface area contributed by atoms with Gasteiger partial charge in [0.1, 0.15) is 6.10 Å². The smallest absolute Gasteiger partial charge is 0.300 e. The van der Waals surface area contributed by atoms with Gasteiger partial charge in [0, 0.05) is 6.92 Å². The summed E-state index contributed by atoms with van der Waals surface area (Å²) in [6, 6.07) is 0. The van der Waals surface area contributed by atoms with Crippen molar-refractivity contribution in [3.05, 3.63) is 0 Å². The molecule has 60 valence electrons. The fourth-order valence-electron chi connectivity index (χ4n) is 0. The normalized spacial score (nSPS) is 10.8. The summed E-state index contributed by atoms with van der Waals surface area (Å²) < 4.78 is 0. The first-order chi connectivity index (χ1) is 4.37. The van der Waals surface area contributed by atoms with Crippen LogP contribution in [0.4, 0.5) is 0 Å². The van der Waals surface area contributed by atoms with E-state index in [1.165, 1.54) is 13.8 Å². The van der Waals surface area contributed by atoms with Gasteiger partial charge >= 0.3 is 0 Å². The minimum Gasteiger partial charge on any atom is -0.481 e. The standard InChI is InChI=1S/C4H8O2.C2H4O2/c1-3(5)4(2)6;1-2(3)4/h3,5H,1-2H3;1H3,(H,3,4). The Kier molecular flexibility index (Phi) is 7.37. The van der Waals surface area contributed by atoms with Gasteiger partial charge in [0.2, 0.25) is 0 Å². The third-order valence-corrected chi connectivity index (χ3v) is 0.588. The van der Waals surface area contributed by atoms with Gasteiger partial charge in [-0.1, -0.05) is 0 Å². The van der Waals surface area contributed by atoms with E-state index >= 15 is 0 Å². The number of hydrogen-bond donors (Lipinski definition) is 2. The van der Waals surface area contributed by atoms with Crippen molar-refractivity contribution in [1.82, 2.24) is 0 Å². The van der Waals surface area contributed by atoms with E-state index in [0.29, 0.717) is 0 Å². The summed E-state index contributed by atoms with van der Waals surface area (Å²) in [7, 11) is 0. The van der Waals surface area contributed by atoms with Crippen LogP contribution in [0.5, 0.6) is 0 Å². The zero-order chi connectivity index (χ0) is 8.73. The SMILES string of the molecule is CC(=O)C(C)O.CC(=O)O. The summed E-state index contributed by atoms with van der Waals surface area (Å²) in [5.41, 5.74) is 0. The Bertz CT molecular complexity index is 113. The highest BCUT2D eigenvalue weighted by atomic mass is 16.4. The Hall–Kier alpha value is -0.900. The van der Waals surface area contributed by atoms with Crippen molar-refractivity contribution in [3.63, 3.8) is 0 Å². The second-order valence-corrected chi connectivity index (χ2v) is 1.81. The Morgan fingerprint density at radius 2 is 1.40 bits per heavy atom. The van der Waals surface area contributed by atoms with Gasteiger partial charge in [-0.3, -0.25) is 9.59 Å². The molecule has 0 heterocycles. The van der Waals surface area contributed by atoms with E-state index in [1.807, 2.05) is 0 Å². The number of rotatable bonds is 1. The highest BCUT2D eigenvalue weighted by molar-refractivity contribution is 5.79. The zero-order valence-corrected chi connectivity index (χ0v) is 6.29. The molecule has 4 nitrogen and oxygen atoms in total. The van der Waals surface area contributed by atoms with Crippen LogP contribution in [0.15, 0.2) is 0 Å². The lowest BCUT2D eigenvalue weighted by molar-refractivity contribution is -0.134. The lowest BCUT2D eigenvalue weighted by Crippen LogP contribution is -2.10. The van der Waals surface area contributed by atoms with Crippen LogP contribution in [0.1, 0.15) is 20.8 Å². The number of aliphatic carboxylic acids is 1. The molecule has 0 rings (SSSR count). The van der Waals surface area contributed by atoms with E-state index in [0.717, 1.165) is 6.92 Å². The second kappa shape index (κ2) is 6.22. The number of aliphatic hydroxyl groups is 1. The van der Waals surface area contributed by atoms with Crippen molar-refractivity contribution in [1.29, 1.82) is 0 Å². The summed E-state index contributed by atoms with van der Waals surface area (Å²) >= 11 is 0. The first kappa shape index (κ1) is 11.8. The van der Waals surface area contributed by atoms with Gasteiger partial charge in [-0.25, -0.2) is 0 Å². The number of Topliss-reactive ketones (excluding diaryl/α,β-unsaturated/α-hetero) is 1. The Labute approximate surface area is 59.5 Å². The van der Waals surface area contributed by atoms with Crippen LogP contribution in [0.3, 0.4) is 0 Å². The molecular formula is C6H12O4. The molecule has 0 aliphatic carbocycles. The predicted molar refractivity (Wildman–Crippen MR) is 35.7 cm³/mol. The molecule has 0 saturated heterocycles. The summed E-state index contributed by atoms with van der Waals surface area (Å²) in [6.07, 6.45) is -0.787. The monoisotopic (exact) mass is 148 g/mol. The molecule has 0 saturated carbocycles. The molecule has 0 spiro atoms. The van der Waals surface area contributed by atoms with Crippen molar-refractivity contribution >= 4 is 11.8 Å². The van der Waals surface area contributed by atoms with Crippen LogP contribution in [0, 0.1) is 0 Å². The first-order valence-electron chi connectivity index (χ1n) is 2.76. The highest BCUT2D eigenvalue weighted by Gasteiger charge is 1.97. The molecule has 0 aromatic heterocycles. The number of aliphatic hydroxyl groups excluding tert-OH is 1. The Morgan fingerprint density at radius 1 is 1.30 bits per heavy atom. The third kappa shape index (κ3) is 27.5. The van der Waals surface area contributed by atoms with Crippen LogP contribution >= 0.6 is 0 Å².